The van der Waals surface area contributed by atoms with Gasteiger partial charge < -0.3 is 5.32 Å². The Morgan fingerprint density at radius 1 is 1.14 bits per heavy atom. The van der Waals surface area contributed by atoms with Crippen molar-refractivity contribution in [2.45, 2.75) is 12.8 Å². The molecular formula is C8H12Cl3N3. The van der Waals surface area contributed by atoms with Gasteiger partial charge in [-0.3, -0.25) is 0 Å². The first-order valence-electron chi connectivity index (χ1n) is 4.07. The largest absolute Gasteiger partial charge is 0.316 e. The summed E-state index contributed by atoms with van der Waals surface area (Å²) in [4.78, 5) is 8.17. The van der Waals surface area contributed by atoms with E-state index in [1.807, 2.05) is 0 Å². The van der Waals surface area contributed by atoms with E-state index in [0.29, 0.717) is 5.15 Å². The first-order chi connectivity index (χ1) is 5.88. The van der Waals surface area contributed by atoms with Crippen LogP contribution in [0.3, 0.4) is 0 Å². The van der Waals surface area contributed by atoms with E-state index >= 15 is 0 Å². The highest BCUT2D eigenvalue weighted by Crippen LogP contribution is 2.17. The van der Waals surface area contributed by atoms with Crippen LogP contribution in [0.1, 0.15) is 11.3 Å². The van der Waals surface area contributed by atoms with Crippen LogP contribution in [-0.2, 0) is 12.8 Å². The molecule has 0 unspecified atom stereocenters. The van der Waals surface area contributed by atoms with Crippen molar-refractivity contribution in [3.05, 3.63) is 22.7 Å². The Morgan fingerprint density at radius 2 is 1.86 bits per heavy atom. The van der Waals surface area contributed by atoms with Crippen molar-refractivity contribution in [1.82, 2.24) is 15.3 Å². The smallest absolute Gasteiger partial charge is 0.135 e. The normalized spacial score (nSPS) is 14.4. The molecule has 1 aromatic heterocycles. The molecule has 0 bridgehead atoms. The zero-order valence-corrected chi connectivity index (χ0v) is 9.88. The van der Waals surface area contributed by atoms with Gasteiger partial charge in [0.15, 0.2) is 0 Å². The van der Waals surface area contributed by atoms with Gasteiger partial charge in [0, 0.05) is 24.2 Å². The summed E-state index contributed by atoms with van der Waals surface area (Å²) in [6.45, 7) is 1.96. The van der Waals surface area contributed by atoms with Gasteiger partial charge in [0.05, 0.1) is 0 Å². The molecule has 0 amide bonds. The molecule has 1 aromatic rings. The Balaban J connectivity index is 0.000000845. The van der Waals surface area contributed by atoms with Crippen LogP contribution >= 0.6 is 36.4 Å². The third kappa shape index (κ3) is 2.95. The summed E-state index contributed by atoms with van der Waals surface area (Å²) in [5.41, 5.74) is 2.21. The highest BCUT2D eigenvalue weighted by molar-refractivity contribution is 6.30. The van der Waals surface area contributed by atoms with Gasteiger partial charge in [-0.15, -0.1) is 24.8 Å². The van der Waals surface area contributed by atoms with Crippen molar-refractivity contribution in [3.63, 3.8) is 0 Å². The van der Waals surface area contributed by atoms with Crippen LogP contribution in [0.4, 0.5) is 0 Å². The first-order valence-corrected chi connectivity index (χ1v) is 4.44. The number of fused-ring (bicyclic) bond motifs is 1. The maximum absolute atomic E-state index is 5.94. The third-order valence-electron chi connectivity index (χ3n) is 2.07. The molecule has 0 aliphatic carbocycles. The molecule has 6 heteroatoms. The molecule has 2 heterocycles. The molecule has 0 saturated heterocycles. The minimum Gasteiger partial charge on any atom is -0.316 e. The summed E-state index contributed by atoms with van der Waals surface area (Å²) < 4.78 is 0. The minimum atomic E-state index is 0. The fourth-order valence-corrected chi connectivity index (χ4v) is 1.68. The van der Waals surface area contributed by atoms with Gasteiger partial charge in [-0.25, -0.2) is 9.97 Å². The Kier molecular flexibility index (Phi) is 6.36. The molecular weight excluding hydrogens is 244 g/mol. The second-order valence-electron chi connectivity index (χ2n) is 2.84. The van der Waals surface area contributed by atoms with E-state index in [4.69, 9.17) is 11.6 Å². The average molecular weight is 257 g/mol. The van der Waals surface area contributed by atoms with Crippen LogP contribution in [0.5, 0.6) is 0 Å². The zero-order chi connectivity index (χ0) is 8.39. The van der Waals surface area contributed by atoms with Gasteiger partial charge in [-0.2, -0.15) is 0 Å². The van der Waals surface area contributed by atoms with Gasteiger partial charge in [0.25, 0.3) is 0 Å². The molecule has 80 valence electrons. The maximum atomic E-state index is 5.94. The summed E-state index contributed by atoms with van der Waals surface area (Å²) in [5, 5.41) is 3.91. The topological polar surface area (TPSA) is 37.8 Å². The van der Waals surface area contributed by atoms with Crippen LogP contribution in [0.15, 0.2) is 6.33 Å². The lowest BCUT2D eigenvalue weighted by Crippen LogP contribution is -2.16. The Bertz CT molecular complexity index is 293. The van der Waals surface area contributed by atoms with Gasteiger partial charge in [-0.05, 0) is 13.0 Å². The van der Waals surface area contributed by atoms with E-state index in [1.54, 1.807) is 0 Å². The first kappa shape index (κ1) is 13.9. The molecule has 1 aliphatic rings. The number of halogens is 3. The number of nitrogens with one attached hydrogen (secondary N) is 1. The van der Waals surface area contributed by atoms with Crippen molar-refractivity contribution in [3.8, 4) is 0 Å². The van der Waals surface area contributed by atoms with Crippen LogP contribution in [0, 0.1) is 0 Å². The lowest BCUT2D eigenvalue weighted by atomic mass is 10.1. The molecule has 0 atom stereocenters. The number of aromatic nitrogens is 2. The van der Waals surface area contributed by atoms with E-state index in [-0.39, 0.29) is 24.8 Å². The van der Waals surface area contributed by atoms with Gasteiger partial charge in [0.1, 0.15) is 11.5 Å². The highest BCUT2D eigenvalue weighted by atomic mass is 35.5. The van der Waals surface area contributed by atoms with Crippen LogP contribution in [-0.4, -0.2) is 23.1 Å². The van der Waals surface area contributed by atoms with Gasteiger partial charge in [0.2, 0.25) is 0 Å². The fourth-order valence-electron chi connectivity index (χ4n) is 1.43. The molecule has 2 rings (SSSR count). The molecule has 0 spiro atoms. The van der Waals surface area contributed by atoms with Crippen LogP contribution in [0.2, 0.25) is 5.15 Å². The fraction of sp³-hybridized carbons (Fsp3) is 0.500. The van der Waals surface area contributed by atoms with Gasteiger partial charge >= 0.3 is 0 Å². The number of nitrogens with zero attached hydrogens (tertiary/aromatic N) is 2. The van der Waals surface area contributed by atoms with E-state index in [2.05, 4.69) is 15.3 Å². The van der Waals surface area contributed by atoms with Crippen LogP contribution in [0.25, 0.3) is 0 Å². The third-order valence-corrected chi connectivity index (χ3v) is 2.40. The average Bonchev–Trinajstić information content (AvgIpc) is 2.30. The molecule has 3 nitrogen and oxygen atoms in total. The Morgan fingerprint density at radius 3 is 2.64 bits per heavy atom. The maximum Gasteiger partial charge on any atom is 0.135 e. The molecule has 0 fully saturated rings. The standard InChI is InChI=1S/C8H10ClN3.2ClH/c9-8-6-1-3-10-4-2-7(6)11-5-12-8;;/h5,10H,1-4H2;2*1H. The summed E-state index contributed by atoms with van der Waals surface area (Å²) in [5.74, 6) is 0. The minimum absolute atomic E-state index is 0. The molecule has 0 saturated carbocycles. The van der Waals surface area contributed by atoms with E-state index in [1.165, 1.54) is 6.33 Å². The lowest BCUT2D eigenvalue weighted by Gasteiger charge is -2.03. The molecule has 1 aliphatic heterocycles. The van der Waals surface area contributed by atoms with Crippen LogP contribution < -0.4 is 5.32 Å². The molecule has 14 heavy (non-hydrogen) atoms. The summed E-state index contributed by atoms with van der Waals surface area (Å²) in [6.07, 6.45) is 3.43. The summed E-state index contributed by atoms with van der Waals surface area (Å²) in [6, 6.07) is 0. The number of hydrogen-bond donors (Lipinski definition) is 1. The molecule has 1 N–H and O–H groups in total. The van der Waals surface area contributed by atoms with Crippen molar-refractivity contribution < 1.29 is 0 Å². The monoisotopic (exact) mass is 255 g/mol. The second-order valence-corrected chi connectivity index (χ2v) is 3.20. The predicted molar refractivity (Wildman–Crippen MR) is 61.8 cm³/mol. The Hall–Kier alpha value is -0.0900. The van der Waals surface area contributed by atoms with Crippen molar-refractivity contribution in [2.75, 3.05) is 13.1 Å². The number of rotatable bonds is 0. The molecule has 0 aromatic carbocycles. The zero-order valence-electron chi connectivity index (χ0n) is 7.49. The van der Waals surface area contributed by atoms with E-state index in [0.717, 1.165) is 37.2 Å². The number of hydrogen-bond acceptors (Lipinski definition) is 3. The van der Waals surface area contributed by atoms with E-state index < -0.39 is 0 Å². The quantitative estimate of drug-likeness (QED) is 0.718. The predicted octanol–water partition coefficient (Wildman–Crippen LogP) is 1.66. The summed E-state index contributed by atoms with van der Waals surface area (Å²) in [7, 11) is 0. The van der Waals surface area contributed by atoms with Crippen molar-refractivity contribution in [2.24, 2.45) is 0 Å². The summed E-state index contributed by atoms with van der Waals surface area (Å²) >= 11 is 5.94. The lowest BCUT2D eigenvalue weighted by molar-refractivity contribution is 0.708. The van der Waals surface area contributed by atoms with Crippen molar-refractivity contribution >= 4 is 36.4 Å². The highest BCUT2D eigenvalue weighted by Gasteiger charge is 2.11. The molecule has 0 radical (unpaired) electrons. The second kappa shape index (κ2) is 6.40. The van der Waals surface area contributed by atoms with E-state index in [9.17, 15) is 0 Å². The SMILES string of the molecule is Cl.Cl.Clc1ncnc2c1CCNCC2. The van der Waals surface area contributed by atoms with Gasteiger partial charge in [-0.1, -0.05) is 11.6 Å². The Labute approximate surface area is 100 Å². The van der Waals surface area contributed by atoms with Crippen molar-refractivity contribution in [1.29, 1.82) is 0 Å².